The minimum atomic E-state index is -0.206. The minimum absolute atomic E-state index is 0.206. The number of hydrogen-bond acceptors (Lipinski definition) is 3. The van der Waals surface area contributed by atoms with E-state index < -0.39 is 0 Å². The quantitative estimate of drug-likeness (QED) is 0.720. The number of urea groups is 1. The van der Waals surface area contributed by atoms with Crippen LogP contribution in [0.4, 0.5) is 10.5 Å². The Morgan fingerprint density at radius 2 is 2.19 bits per heavy atom. The Morgan fingerprint density at radius 3 is 2.88 bits per heavy atom. The van der Waals surface area contributed by atoms with Gasteiger partial charge < -0.3 is 15.4 Å². The number of nitrogens with one attached hydrogen (secondary N) is 2. The van der Waals surface area contributed by atoms with Crippen molar-refractivity contribution in [2.24, 2.45) is 0 Å². The third-order valence-electron chi connectivity index (χ3n) is 1.89. The number of aromatic nitrogens is 1. The zero-order valence-corrected chi connectivity index (χ0v) is 9.40. The van der Waals surface area contributed by atoms with Crippen LogP contribution in [0.5, 0.6) is 0 Å². The van der Waals surface area contributed by atoms with Gasteiger partial charge in [0.15, 0.2) is 0 Å². The molecule has 16 heavy (non-hydrogen) atoms. The van der Waals surface area contributed by atoms with Gasteiger partial charge in [-0.2, -0.15) is 0 Å². The molecule has 0 atom stereocenters. The summed E-state index contributed by atoms with van der Waals surface area (Å²) in [6, 6.07) is 3.27. The average Bonchev–Trinajstić information content (AvgIpc) is 2.30. The highest BCUT2D eigenvalue weighted by atomic mass is 16.5. The maximum atomic E-state index is 11.4. The van der Waals surface area contributed by atoms with Crippen LogP contribution in [0.1, 0.15) is 13.3 Å². The van der Waals surface area contributed by atoms with Crippen molar-refractivity contribution in [2.75, 3.05) is 25.1 Å². The normalized spacial score (nSPS) is 9.81. The van der Waals surface area contributed by atoms with Gasteiger partial charge in [0.25, 0.3) is 0 Å². The van der Waals surface area contributed by atoms with Gasteiger partial charge in [0.2, 0.25) is 0 Å². The van der Waals surface area contributed by atoms with E-state index in [1.54, 1.807) is 24.5 Å². The van der Waals surface area contributed by atoms with Crippen LogP contribution in [0.25, 0.3) is 0 Å². The van der Waals surface area contributed by atoms with Crippen LogP contribution < -0.4 is 10.6 Å². The number of pyridine rings is 1. The Bertz CT molecular complexity index is 303. The standard InChI is InChI=1S/C11H17N3O2/c1-2-16-9-3-6-13-11(15)14-10-4-7-12-8-5-10/h4-5,7-8H,2-3,6,9H2,1H3,(H2,12,13,14,15). The average molecular weight is 223 g/mol. The summed E-state index contributed by atoms with van der Waals surface area (Å²) in [6.07, 6.45) is 4.08. The van der Waals surface area contributed by atoms with E-state index in [1.807, 2.05) is 6.92 Å². The predicted molar refractivity (Wildman–Crippen MR) is 62.4 cm³/mol. The molecule has 2 amide bonds. The van der Waals surface area contributed by atoms with E-state index in [4.69, 9.17) is 4.74 Å². The van der Waals surface area contributed by atoms with Crippen LogP contribution in [0.15, 0.2) is 24.5 Å². The van der Waals surface area contributed by atoms with Crippen molar-refractivity contribution in [3.63, 3.8) is 0 Å². The van der Waals surface area contributed by atoms with Gasteiger partial charge in [-0.25, -0.2) is 4.79 Å². The Labute approximate surface area is 95.2 Å². The second-order valence-electron chi connectivity index (χ2n) is 3.17. The molecule has 0 aliphatic carbocycles. The summed E-state index contributed by atoms with van der Waals surface area (Å²) in [5, 5.41) is 5.44. The molecule has 0 radical (unpaired) electrons. The number of carbonyl (C=O) groups is 1. The highest BCUT2D eigenvalue weighted by Crippen LogP contribution is 2.01. The molecule has 5 heteroatoms. The van der Waals surface area contributed by atoms with Gasteiger partial charge in [0.05, 0.1) is 0 Å². The maximum Gasteiger partial charge on any atom is 0.319 e. The third-order valence-corrected chi connectivity index (χ3v) is 1.89. The van der Waals surface area contributed by atoms with E-state index in [0.717, 1.165) is 12.1 Å². The third kappa shape index (κ3) is 5.31. The maximum absolute atomic E-state index is 11.4. The molecule has 1 heterocycles. The van der Waals surface area contributed by atoms with E-state index in [0.29, 0.717) is 19.8 Å². The molecule has 0 saturated carbocycles. The molecule has 1 aromatic heterocycles. The summed E-state index contributed by atoms with van der Waals surface area (Å²) in [5.41, 5.74) is 0.734. The van der Waals surface area contributed by atoms with Gasteiger partial charge in [-0.3, -0.25) is 4.98 Å². The monoisotopic (exact) mass is 223 g/mol. The largest absolute Gasteiger partial charge is 0.382 e. The van der Waals surface area contributed by atoms with Gasteiger partial charge in [-0.1, -0.05) is 0 Å². The first-order chi connectivity index (χ1) is 7.83. The molecule has 1 aromatic rings. The summed E-state index contributed by atoms with van der Waals surface area (Å²) in [7, 11) is 0. The molecule has 0 saturated heterocycles. The van der Waals surface area contributed by atoms with Crippen molar-refractivity contribution in [1.29, 1.82) is 0 Å². The molecule has 0 unspecified atom stereocenters. The molecule has 0 spiro atoms. The molecule has 0 aliphatic heterocycles. The number of rotatable bonds is 6. The molecule has 1 rings (SSSR count). The summed E-state index contributed by atoms with van der Waals surface area (Å²) < 4.78 is 5.15. The Morgan fingerprint density at radius 1 is 1.44 bits per heavy atom. The second kappa shape index (κ2) is 7.64. The topological polar surface area (TPSA) is 63.2 Å². The first-order valence-electron chi connectivity index (χ1n) is 5.35. The zero-order chi connectivity index (χ0) is 11.6. The first kappa shape index (κ1) is 12.4. The highest BCUT2D eigenvalue weighted by molar-refractivity contribution is 5.88. The summed E-state index contributed by atoms with van der Waals surface area (Å²) in [6.45, 7) is 3.94. The first-order valence-corrected chi connectivity index (χ1v) is 5.35. The molecular formula is C11H17N3O2. The van der Waals surface area contributed by atoms with E-state index in [9.17, 15) is 4.79 Å². The Hall–Kier alpha value is -1.62. The lowest BCUT2D eigenvalue weighted by atomic mass is 10.4. The van der Waals surface area contributed by atoms with E-state index >= 15 is 0 Å². The fourth-order valence-corrected chi connectivity index (χ4v) is 1.13. The highest BCUT2D eigenvalue weighted by Gasteiger charge is 1.99. The molecule has 0 bridgehead atoms. The Balaban J connectivity index is 2.12. The number of nitrogens with zero attached hydrogens (tertiary/aromatic N) is 1. The molecule has 0 fully saturated rings. The second-order valence-corrected chi connectivity index (χ2v) is 3.17. The number of amides is 2. The number of carbonyl (C=O) groups excluding carboxylic acids is 1. The lowest BCUT2D eigenvalue weighted by Gasteiger charge is -2.07. The van der Waals surface area contributed by atoms with E-state index in [-0.39, 0.29) is 6.03 Å². The number of anilines is 1. The molecule has 0 aliphatic rings. The SMILES string of the molecule is CCOCCCNC(=O)Nc1ccncc1. The van der Waals surface area contributed by atoms with Crippen molar-refractivity contribution in [3.8, 4) is 0 Å². The molecule has 88 valence electrons. The van der Waals surface area contributed by atoms with Gasteiger partial charge in [-0.05, 0) is 25.5 Å². The van der Waals surface area contributed by atoms with Crippen LogP contribution in [0.2, 0.25) is 0 Å². The molecular weight excluding hydrogens is 206 g/mol. The van der Waals surface area contributed by atoms with Gasteiger partial charge in [0.1, 0.15) is 0 Å². The van der Waals surface area contributed by atoms with Crippen LogP contribution in [-0.2, 0) is 4.74 Å². The predicted octanol–water partition coefficient (Wildman–Crippen LogP) is 1.63. The molecule has 2 N–H and O–H groups in total. The van der Waals surface area contributed by atoms with Crippen molar-refractivity contribution >= 4 is 11.7 Å². The van der Waals surface area contributed by atoms with Crippen molar-refractivity contribution < 1.29 is 9.53 Å². The van der Waals surface area contributed by atoms with Crippen LogP contribution in [0, 0.1) is 0 Å². The summed E-state index contributed by atoms with van der Waals surface area (Å²) >= 11 is 0. The number of hydrogen-bond donors (Lipinski definition) is 2. The smallest absolute Gasteiger partial charge is 0.319 e. The summed E-state index contributed by atoms with van der Waals surface area (Å²) in [4.78, 5) is 15.2. The van der Waals surface area contributed by atoms with Crippen LogP contribution in [-0.4, -0.2) is 30.8 Å². The van der Waals surface area contributed by atoms with E-state index in [2.05, 4.69) is 15.6 Å². The summed E-state index contributed by atoms with van der Waals surface area (Å²) in [5.74, 6) is 0. The van der Waals surface area contributed by atoms with Crippen molar-refractivity contribution in [2.45, 2.75) is 13.3 Å². The fourth-order valence-electron chi connectivity index (χ4n) is 1.13. The lowest BCUT2D eigenvalue weighted by molar-refractivity contribution is 0.145. The van der Waals surface area contributed by atoms with Crippen LogP contribution in [0.3, 0.4) is 0 Å². The number of ether oxygens (including phenoxy) is 1. The van der Waals surface area contributed by atoms with Crippen LogP contribution >= 0.6 is 0 Å². The van der Waals surface area contributed by atoms with Crippen molar-refractivity contribution in [1.82, 2.24) is 10.3 Å². The Kier molecular flexibility index (Phi) is 5.95. The van der Waals surface area contributed by atoms with Gasteiger partial charge in [0, 0.05) is 37.8 Å². The fraction of sp³-hybridized carbons (Fsp3) is 0.455. The van der Waals surface area contributed by atoms with Crippen molar-refractivity contribution in [3.05, 3.63) is 24.5 Å². The van der Waals surface area contributed by atoms with Gasteiger partial charge >= 0.3 is 6.03 Å². The lowest BCUT2D eigenvalue weighted by Crippen LogP contribution is -2.30. The van der Waals surface area contributed by atoms with E-state index in [1.165, 1.54) is 0 Å². The zero-order valence-electron chi connectivity index (χ0n) is 9.40. The minimum Gasteiger partial charge on any atom is -0.382 e. The van der Waals surface area contributed by atoms with Gasteiger partial charge in [-0.15, -0.1) is 0 Å². The molecule has 5 nitrogen and oxygen atoms in total. The molecule has 0 aromatic carbocycles.